The summed E-state index contributed by atoms with van der Waals surface area (Å²) in [6.07, 6.45) is 1.67. The van der Waals surface area contributed by atoms with Crippen LogP contribution in [0.4, 0.5) is 0 Å². The number of benzene rings is 2. The molecule has 0 aliphatic carbocycles. The molecular formula is C20H17N3O2S. The molecule has 26 heavy (non-hydrogen) atoms. The third-order valence-electron chi connectivity index (χ3n) is 3.90. The lowest BCUT2D eigenvalue weighted by Gasteiger charge is -1.96. The monoisotopic (exact) mass is 363 g/mol. The molecular weight excluding hydrogens is 346 g/mol. The fraction of sp³-hybridized carbons (Fsp3) is 0.150. The molecule has 0 saturated carbocycles. The second-order valence-corrected chi connectivity index (χ2v) is 6.96. The zero-order valence-corrected chi connectivity index (χ0v) is 15.3. The number of hydrogen-bond donors (Lipinski definition) is 0. The van der Waals surface area contributed by atoms with Gasteiger partial charge in [-0.25, -0.2) is 4.98 Å². The van der Waals surface area contributed by atoms with Crippen molar-refractivity contribution in [1.82, 2.24) is 15.2 Å². The predicted octanol–water partition coefficient (Wildman–Crippen LogP) is 5.30. The first-order chi connectivity index (χ1) is 12.7. The van der Waals surface area contributed by atoms with E-state index < -0.39 is 0 Å². The smallest absolute Gasteiger partial charge is 0.277 e. The van der Waals surface area contributed by atoms with Gasteiger partial charge in [-0.2, -0.15) is 0 Å². The lowest BCUT2D eigenvalue weighted by molar-refractivity contribution is 0.466. The van der Waals surface area contributed by atoms with E-state index in [1.807, 2.05) is 55.5 Å². The summed E-state index contributed by atoms with van der Waals surface area (Å²) in [5.74, 6) is 1.74. The molecule has 0 atom stereocenters. The molecule has 0 fully saturated rings. The molecule has 0 saturated heterocycles. The number of aromatic nitrogens is 3. The van der Waals surface area contributed by atoms with E-state index in [4.69, 9.17) is 8.83 Å². The lowest BCUT2D eigenvalue weighted by atomic mass is 10.1. The predicted molar refractivity (Wildman–Crippen MR) is 101 cm³/mol. The minimum absolute atomic E-state index is 0.514. The highest BCUT2D eigenvalue weighted by Gasteiger charge is 2.11. The SMILES string of the molecule is Cc1ccc(-c2nc(CSc3nnc(-c4ccc(C)cc4)o3)co2)cc1. The Morgan fingerprint density at radius 1 is 0.808 bits per heavy atom. The van der Waals surface area contributed by atoms with Crippen molar-refractivity contribution in [3.05, 3.63) is 71.6 Å². The van der Waals surface area contributed by atoms with E-state index in [0.717, 1.165) is 16.8 Å². The minimum Gasteiger partial charge on any atom is -0.444 e. The third kappa shape index (κ3) is 3.70. The Balaban J connectivity index is 1.42. The second-order valence-electron chi connectivity index (χ2n) is 6.04. The summed E-state index contributed by atoms with van der Waals surface area (Å²) in [6.45, 7) is 4.10. The molecule has 6 heteroatoms. The summed E-state index contributed by atoms with van der Waals surface area (Å²) in [5.41, 5.74) is 5.11. The van der Waals surface area contributed by atoms with Crippen molar-refractivity contribution >= 4 is 11.8 Å². The van der Waals surface area contributed by atoms with E-state index in [1.54, 1.807) is 6.26 Å². The fourth-order valence-electron chi connectivity index (χ4n) is 2.42. The highest BCUT2D eigenvalue weighted by molar-refractivity contribution is 7.98. The van der Waals surface area contributed by atoms with Crippen LogP contribution in [0.25, 0.3) is 22.9 Å². The molecule has 0 N–H and O–H groups in total. The van der Waals surface area contributed by atoms with Gasteiger partial charge in [-0.05, 0) is 38.1 Å². The molecule has 0 aliphatic heterocycles. The molecule has 4 aromatic rings. The van der Waals surface area contributed by atoms with Crippen LogP contribution in [0.5, 0.6) is 0 Å². The molecule has 0 bridgehead atoms. The van der Waals surface area contributed by atoms with E-state index in [2.05, 4.69) is 22.1 Å². The van der Waals surface area contributed by atoms with Gasteiger partial charge in [0.1, 0.15) is 6.26 Å². The van der Waals surface area contributed by atoms with E-state index in [9.17, 15) is 0 Å². The Morgan fingerprint density at radius 2 is 1.42 bits per heavy atom. The van der Waals surface area contributed by atoms with Crippen LogP contribution in [0.2, 0.25) is 0 Å². The van der Waals surface area contributed by atoms with Crippen LogP contribution >= 0.6 is 11.8 Å². The van der Waals surface area contributed by atoms with E-state index in [0.29, 0.717) is 22.8 Å². The normalized spacial score (nSPS) is 11.0. The Morgan fingerprint density at radius 3 is 2.08 bits per heavy atom. The van der Waals surface area contributed by atoms with Crippen molar-refractivity contribution in [1.29, 1.82) is 0 Å². The summed E-state index contributed by atoms with van der Waals surface area (Å²) in [5, 5.41) is 8.72. The molecule has 5 nitrogen and oxygen atoms in total. The molecule has 2 aromatic heterocycles. The van der Waals surface area contributed by atoms with Crippen LogP contribution in [0.1, 0.15) is 16.8 Å². The molecule has 0 amide bonds. The summed E-state index contributed by atoms with van der Waals surface area (Å²) in [4.78, 5) is 4.52. The molecule has 2 heterocycles. The van der Waals surface area contributed by atoms with Crippen molar-refractivity contribution in [3.63, 3.8) is 0 Å². The van der Waals surface area contributed by atoms with Gasteiger partial charge >= 0.3 is 0 Å². The van der Waals surface area contributed by atoms with Crippen molar-refractivity contribution in [3.8, 4) is 22.9 Å². The van der Waals surface area contributed by atoms with Crippen molar-refractivity contribution in [2.24, 2.45) is 0 Å². The Labute approximate surface area is 155 Å². The van der Waals surface area contributed by atoms with Crippen LogP contribution in [0, 0.1) is 13.8 Å². The maximum atomic E-state index is 5.72. The van der Waals surface area contributed by atoms with Crippen LogP contribution in [0.3, 0.4) is 0 Å². The number of thioether (sulfide) groups is 1. The van der Waals surface area contributed by atoms with Crippen LogP contribution in [0.15, 0.2) is 68.9 Å². The first-order valence-electron chi connectivity index (χ1n) is 8.22. The molecule has 130 valence electrons. The highest BCUT2D eigenvalue weighted by Crippen LogP contribution is 2.27. The van der Waals surface area contributed by atoms with Gasteiger partial charge in [0.15, 0.2) is 0 Å². The average molecular weight is 363 g/mol. The number of oxazole rings is 1. The quantitative estimate of drug-likeness (QED) is 0.448. The largest absolute Gasteiger partial charge is 0.444 e. The minimum atomic E-state index is 0.514. The fourth-order valence-corrected chi connectivity index (χ4v) is 3.06. The highest BCUT2D eigenvalue weighted by atomic mass is 32.2. The Bertz CT molecular complexity index is 920. The van der Waals surface area contributed by atoms with Gasteiger partial charge in [0, 0.05) is 16.9 Å². The molecule has 2 aromatic carbocycles. The molecule has 0 spiro atoms. The zero-order valence-electron chi connectivity index (χ0n) is 14.5. The van der Waals surface area contributed by atoms with Gasteiger partial charge in [0.2, 0.25) is 11.8 Å². The van der Waals surface area contributed by atoms with E-state index in [-0.39, 0.29) is 0 Å². The van der Waals surface area contributed by atoms with Crippen molar-refractivity contribution in [2.75, 3.05) is 0 Å². The molecule has 0 aliphatic rings. The van der Waals surface area contributed by atoms with Crippen LogP contribution < -0.4 is 0 Å². The zero-order chi connectivity index (χ0) is 17.9. The first-order valence-corrected chi connectivity index (χ1v) is 9.21. The average Bonchev–Trinajstić information content (AvgIpc) is 3.31. The summed E-state index contributed by atoms with van der Waals surface area (Å²) in [7, 11) is 0. The van der Waals surface area contributed by atoms with Gasteiger partial charge in [0.05, 0.1) is 5.69 Å². The van der Waals surface area contributed by atoms with Crippen LogP contribution in [-0.2, 0) is 5.75 Å². The number of rotatable bonds is 5. The molecule has 4 rings (SSSR count). The van der Waals surface area contributed by atoms with Gasteiger partial charge in [0.25, 0.3) is 5.22 Å². The van der Waals surface area contributed by atoms with E-state index >= 15 is 0 Å². The lowest BCUT2D eigenvalue weighted by Crippen LogP contribution is -1.83. The van der Waals surface area contributed by atoms with Gasteiger partial charge in [-0.1, -0.05) is 47.2 Å². The standard InChI is InChI=1S/C20H17N3O2S/c1-13-3-7-15(8-4-13)18-21-17(11-24-18)12-26-20-23-22-19(25-20)16-9-5-14(2)6-10-16/h3-11H,12H2,1-2H3. The Hall–Kier alpha value is -2.86. The number of nitrogens with zero attached hydrogens (tertiary/aromatic N) is 3. The Kier molecular flexibility index (Phi) is 4.58. The molecule has 0 radical (unpaired) electrons. The molecule has 0 unspecified atom stereocenters. The van der Waals surface area contributed by atoms with Crippen molar-refractivity contribution < 1.29 is 8.83 Å². The van der Waals surface area contributed by atoms with Gasteiger partial charge < -0.3 is 8.83 Å². The van der Waals surface area contributed by atoms with E-state index in [1.165, 1.54) is 22.9 Å². The number of hydrogen-bond acceptors (Lipinski definition) is 6. The topological polar surface area (TPSA) is 65.0 Å². The number of aryl methyl sites for hydroxylation is 2. The summed E-state index contributed by atoms with van der Waals surface area (Å²) >= 11 is 1.44. The van der Waals surface area contributed by atoms with Gasteiger partial charge in [-0.15, -0.1) is 10.2 Å². The maximum Gasteiger partial charge on any atom is 0.277 e. The second kappa shape index (κ2) is 7.17. The maximum absolute atomic E-state index is 5.72. The summed E-state index contributed by atoms with van der Waals surface area (Å²) < 4.78 is 11.3. The van der Waals surface area contributed by atoms with Gasteiger partial charge in [-0.3, -0.25) is 0 Å². The first kappa shape index (κ1) is 16.6. The van der Waals surface area contributed by atoms with Crippen LogP contribution in [-0.4, -0.2) is 15.2 Å². The van der Waals surface area contributed by atoms with Crippen molar-refractivity contribution in [2.45, 2.75) is 24.8 Å². The summed E-state index contributed by atoms with van der Waals surface area (Å²) in [6, 6.07) is 16.1. The third-order valence-corrected chi connectivity index (χ3v) is 4.75.